The second-order valence-electron chi connectivity index (χ2n) is 9.39. The van der Waals surface area contributed by atoms with Gasteiger partial charge in [-0.1, -0.05) is 12.1 Å². The molecule has 0 radical (unpaired) electrons. The number of amides is 1. The Kier molecular flexibility index (Phi) is 8.92. The van der Waals surface area contributed by atoms with Crippen molar-refractivity contribution in [2.45, 2.75) is 36.3 Å². The highest BCUT2D eigenvalue weighted by molar-refractivity contribution is 7.97. The van der Waals surface area contributed by atoms with Crippen LogP contribution in [-0.4, -0.2) is 39.4 Å². The van der Waals surface area contributed by atoms with Gasteiger partial charge in [-0.05, 0) is 72.8 Å². The molecule has 0 bridgehead atoms. The number of nitrogens with two attached hydrogens (primary N) is 1. The summed E-state index contributed by atoms with van der Waals surface area (Å²) in [5, 5.41) is 0. The maximum Gasteiger partial charge on any atom is 0.416 e. The van der Waals surface area contributed by atoms with Gasteiger partial charge in [-0.25, -0.2) is 14.3 Å². The largest absolute Gasteiger partial charge is 0.416 e. The topological polar surface area (TPSA) is 72.1 Å². The summed E-state index contributed by atoms with van der Waals surface area (Å²) in [6.07, 6.45) is -12.2. The van der Waals surface area contributed by atoms with Crippen LogP contribution in [0, 0.1) is 5.92 Å². The van der Waals surface area contributed by atoms with Crippen LogP contribution in [0.5, 0.6) is 0 Å². The molecule has 1 fully saturated rings. The van der Waals surface area contributed by atoms with E-state index in [0.29, 0.717) is 22.6 Å². The summed E-state index contributed by atoms with van der Waals surface area (Å²) in [6, 6.07) is 8.68. The zero-order chi connectivity index (χ0) is 30.9. The first-order chi connectivity index (χ1) is 19.5. The molecule has 5 nitrogen and oxygen atoms in total. The van der Waals surface area contributed by atoms with Gasteiger partial charge in [0.1, 0.15) is 0 Å². The van der Waals surface area contributed by atoms with E-state index in [1.165, 1.54) is 24.1 Å². The smallest absolute Gasteiger partial charge is 0.366 e. The average molecular weight is 621 g/mol. The molecule has 1 amide bonds. The third kappa shape index (κ3) is 7.82. The third-order valence-electron chi connectivity index (χ3n) is 6.38. The summed E-state index contributed by atoms with van der Waals surface area (Å²) in [6.45, 7) is 0.403. The highest BCUT2D eigenvalue weighted by atomic mass is 32.2. The minimum absolute atomic E-state index is 0.0119. The van der Waals surface area contributed by atoms with E-state index in [4.69, 9.17) is 5.73 Å². The Labute approximate surface area is 237 Å². The number of benzene rings is 2. The Morgan fingerprint density at radius 3 is 2.07 bits per heavy atom. The molecular weight excluding hydrogens is 599 g/mol. The van der Waals surface area contributed by atoms with Crippen molar-refractivity contribution >= 4 is 29.5 Å². The van der Waals surface area contributed by atoms with Gasteiger partial charge >= 0.3 is 18.5 Å². The molecule has 42 heavy (non-hydrogen) atoms. The van der Waals surface area contributed by atoms with Crippen LogP contribution in [0.3, 0.4) is 0 Å². The number of carbonyl (C=O) groups excluding carboxylic acids is 1. The van der Waals surface area contributed by atoms with Crippen LogP contribution in [0.1, 0.15) is 35.2 Å². The summed E-state index contributed by atoms with van der Waals surface area (Å²) in [7, 11) is 0. The van der Waals surface area contributed by atoms with E-state index in [1.54, 1.807) is 28.6 Å². The van der Waals surface area contributed by atoms with Crippen LogP contribution in [0.25, 0.3) is 23.0 Å². The van der Waals surface area contributed by atoms with Crippen LogP contribution < -0.4 is 5.73 Å². The molecule has 224 valence electrons. The fourth-order valence-electron chi connectivity index (χ4n) is 4.26. The Balaban J connectivity index is 1.62. The lowest BCUT2D eigenvalue weighted by atomic mass is 9.98. The van der Waals surface area contributed by atoms with Crippen LogP contribution in [0.15, 0.2) is 59.6 Å². The average Bonchev–Trinajstić information content (AvgIpc) is 2.90. The quantitative estimate of drug-likeness (QED) is 0.176. The van der Waals surface area contributed by atoms with Gasteiger partial charge in [0.15, 0.2) is 5.82 Å². The Hall–Kier alpha value is -3.59. The second-order valence-corrected chi connectivity index (χ2v) is 10.6. The molecule has 2 heterocycles. The van der Waals surface area contributed by atoms with Crippen molar-refractivity contribution in [1.82, 2.24) is 14.3 Å². The molecule has 1 saturated heterocycles. The number of nitrogens with zero attached hydrogens (tertiary/aromatic N) is 3. The summed E-state index contributed by atoms with van der Waals surface area (Å²) in [5.74, 6) is -2.71. The lowest BCUT2D eigenvalue weighted by molar-refractivity contribution is -0.182. The lowest BCUT2D eigenvalue weighted by Crippen LogP contribution is -2.35. The number of carbonyl (C=O) groups is 1. The molecule has 1 aliphatic heterocycles. The molecule has 0 aliphatic carbocycles. The van der Waals surface area contributed by atoms with Crippen molar-refractivity contribution in [2.75, 3.05) is 13.1 Å². The first kappa shape index (κ1) is 31.3. The molecule has 15 heteroatoms. The monoisotopic (exact) mass is 620 g/mol. The van der Waals surface area contributed by atoms with E-state index in [2.05, 4.69) is 9.97 Å². The van der Waals surface area contributed by atoms with Crippen LogP contribution >= 0.6 is 11.9 Å². The number of aromatic nitrogens is 2. The fraction of sp³-hybridized carbons (Fsp3) is 0.296. The summed E-state index contributed by atoms with van der Waals surface area (Å²) in [5.41, 5.74) is 2.18. The number of rotatable bonds is 6. The van der Waals surface area contributed by atoms with Gasteiger partial charge < -0.3 is 5.73 Å². The predicted molar refractivity (Wildman–Crippen MR) is 137 cm³/mol. The summed E-state index contributed by atoms with van der Waals surface area (Å²) < 4.78 is 121. The molecule has 0 unspecified atom stereocenters. The third-order valence-corrected chi connectivity index (χ3v) is 7.47. The van der Waals surface area contributed by atoms with Crippen molar-refractivity contribution < 1.29 is 44.3 Å². The summed E-state index contributed by atoms with van der Waals surface area (Å²) in [4.78, 5) is 20.8. The van der Waals surface area contributed by atoms with E-state index >= 15 is 0 Å². The van der Waals surface area contributed by atoms with Gasteiger partial charge in [-0.3, -0.25) is 4.79 Å². The van der Waals surface area contributed by atoms with Crippen LogP contribution in [0.4, 0.5) is 39.5 Å². The van der Waals surface area contributed by atoms with Crippen molar-refractivity contribution in [3.05, 3.63) is 77.1 Å². The number of hydrogen-bond acceptors (Lipinski definition) is 5. The van der Waals surface area contributed by atoms with Crippen molar-refractivity contribution in [1.29, 1.82) is 0 Å². The van der Waals surface area contributed by atoms with Gasteiger partial charge in [0.05, 0.1) is 22.7 Å². The second kappa shape index (κ2) is 12.0. The Bertz CT molecular complexity index is 1450. The van der Waals surface area contributed by atoms with Gasteiger partial charge in [0.25, 0.3) is 0 Å². The molecule has 4 rings (SSSR count). The van der Waals surface area contributed by atoms with Gasteiger partial charge in [0, 0.05) is 35.3 Å². The lowest BCUT2D eigenvalue weighted by Gasteiger charge is -2.31. The normalized spacial score (nSPS) is 16.1. The maximum absolute atomic E-state index is 13.3. The van der Waals surface area contributed by atoms with Crippen molar-refractivity contribution in [3.8, 4) is 11.4 Å². The van der Waals surface area contributed by atoms with Crippen molar-refractivity contribution in [3.63, 3.8) is 0 Å². The van der Waals surface area contributed by atoms with E-state index < -0.39 is 52.9 Å². The summed E-state index contributed by atoms with van der Waals surface area (Å²) >= 11 is 1.21. The zero-order valence-corrected chi connectivity index (χ0v) is 22.1. The number of alkyl halides is 9. The van der Waals surface area contributed by atoms with Crippen molar-refractivity contribution in [2.24, 2.45) is 11.7 Å². The Morgan fingerprint density at radius 2 is 1.52 bits per heavy atom. The molecule has 2 N–H and O–H groups in total. The van der Waals surface area contributed by atoms with E-state index in [-0.39, 0.29) is 43.3 Å². The predicted octanol–water partition coefficient (Wildman–Crippen LogP) is 7.49. The number of primary amides is 1. The van der Waals surface area contributed by atoms with Gasteiger partial charge in [-0.2, -0.15) is 39.5 Å². The number of piperidine rings is 1. The standard InChI is InChI=1S/C27H21F9N4OS/c28-25(29,30)17-5-8-40(9-6-17)42-21-3-1-2-15(12-21)22(23(37)41)14-20-4-7-38-24(39-20)16-10-18(26(31,32)33)13-19(11-16)27(34,35)36/h1-4,7,10-14,17H,5-6,8-9H2,(H2,37,41)/b22-14+. The Morgan fingerprint density at radius 1 is 0.905 bits per heavy atom. The molecule has 2 aromatic carbocycles. The molecule has 0 saturated carbocycles. The molecule has 0 atom stereocenters. The fourth-order valence-corrected chi connectivity index (χ4v) is 5.28. The molecule has 1 aliphatic rings. The first-order valence-electron chi connectivity index (χ1n) is 12.2. The van der Waals surface area contributed by atoms with E-state index in [1.807, 2.05) is 0 Å². The van der Waals surface area contributed by atoms with E-state index in [0.717, 1.165) is 6.20 Å². The number of hydrogen-bond donors (Lipinski definition) is 1. The van der Waals surface area contributed by atoms with Crippen LogP contribution in [-0.2, 0) is 17.1 Å². The highest BCUT2D eigenvalue weighted by Crippen LogP contribution is 2.39. The van der Waals surface area contributed by atoms with Gasteiger partial charge in [0.2, 0.25) is 5.91 Å². The zero-order valence-electron chi connectivity index (χ0n) is 21.3. The minimum atomic E-state index is -5.07. The van der Waals surface area contributed by atoms with Crippen LogP contribution in [0.2, 0.25) is 0 Å². The first-order valence-corrected chi connectivity index (χ1v) is 13.0. The minimum Gasteiger partial charge on any atom is -0.366 e. The van der Waals surface area contributed by atoms with E-state index in [9.17, 15) is 44.3 Å². The molecule has 1 aromatic heterocycles. The molecule has 3 aromatic rings. The van der Waals surface area contributed by atoms with Gasteiger partial charge in [-0.15, -0.1) is 0 Å². The maximum atomic E-state index is 13.3. The highest BCUT2D eigenvalue weighted by Gasteiger charge is 2.41. The molecule has 0 spiro atoms. The number of halogens is 9. The molecular formula is C27H21F9N4OS. The SMILES string of the molecule is NC(=O)/C(=C/c1ccnc(-c2cc(C(F)(F)F)cc(C(F)(F)F)c2)n1)c1cccc(SN2CCC(C(F)(F)F)CC2)c1.